The second kappa shape index (κ2) is 32.4. The van der Waals surface area contributed by atoms with Gasteiger partial charge in [-0.25, -0.2) is 29.1 Å². The van der Waals surface area contributed by atoms with E-state index in [9.17, 15) is 28.8 Å². The van der Waals surface area contributed by atoms with Crippen molar-refractivity contribution in [3.05, 3.63) is 119 Å². The molecule has 2 aromatic carbocycles. The maximum atomic E-state index is 15.1. The van der Waals surface area contributed by atoms with Crippen LogP contribution in [0, 0.1) is 23.7 Å². The first-order chi connectivity index (χ1) is 41.5. The molecule has 0 aliphatic carbocycles. The fourth-order valence-electron chi connectivity index (χ4n) is 10.7. The normalized spacial score (nSPS) is 22.8. The smallest absolute Gasteiger partial charge is 0.329 e. The van der Waals surface area contributed by atoms with Crippen LogP contribution in [0.1, 0.15) is 154 Å². The lowest BCUT2D eigenvalue weighted by atomic mass is 9.93. The fraction of sp³-hybridized carbons (Fsp3) is 0.559. The highest BCUT2D eigenvalue weighted by Gasteiger charge is 2.43. The zero-order valence-electron chi connectivity index (χ0n) is 54.8. The van der Waals surface area contributed by atoms with E-state index >= 15 is 9.59 Å². The topological polar surface area (TPSA) is 231 Å². The van der Waals surface area contributed by atoms with Crippen molar-refractivity contribution in [2.24, 2.45) is 23.7 Å². The van der Waals surface area contributed by atoms with Crippen molar-refractivity contribution >= 4 is 47.5 Å². The molecule has 3 unspecified atom stereocenters. The third-order valence-corrected chi connectivity index (χ3v) is 16.2. The second-order valence-corrected chi connectivity index (χ2v) is 25.0. The number of methoxy groups -OCH3 is 2. The summed E-state index contributed by atoms with van der Waals surface area (Å²) >= 11 is 0. The second-order valence-electron chi connectivity index (χ2n) is 25.0. The van der Waals surface area contributed by atoms with Crippen molar-refractivity contribution < 1.29 is 66.8 Å². The zero-order valence-corrected chi connectivity index (χ0v) is 54.8. The van der Waals surface area contributed by atoms with Gasteiger partial charge in [0.2, 0.25) is 11.8 Å². The van der Waals surface area contributed by atoms with E-state index in [1.807, 2.05) is 130 Å². The molecule has 0 bridgehead atoms. The van der Waals surface area contributed by atoms with Crippen molar-refractivity contribution in [1.29, 1.82) is 0 Å². The molecule has 0 spiro atoms. The molecule has 480 valence electrons. The number of nitrogens with zero attached hydrogens (tertiary/aromatic N) is 6. The number of pyridine rings is 2. The minimum absolute atomic E-state index is 0.0706. The average Bonchev–Trinajstić information content (AvgIpc) is 3.24. The van der Waals surface area contributed by atoms with Gasteiger partial charge in [0.25, 0.3) is 23.6 Å². The number of aromatic nitrogens is 2. The number of hydrogen-bond acceptors (Lipinski definition) is 16. The van der Waals surface area contributed by atoms with Crippen LogP contribution in [0.2, 0.25) is 0 Å². The molecule has 88 heavy (non-hydrogen) atoms. The third-order valence-electron chi connectivity index (χ3n) is 16.2. The minimum Gasteiger partial charge on any atom is -0.481 e. The Bertz CT molecular complexity index is 2770. The van der Waals surface area contributed by atoms with E-state index in [0.717, 1.165) is 41.9 Å². The Morgan fingerprint density at radius 1 is 0.386 bits per heavy atom. The fourth-order valence-corrected chi connectivity index (χ4v) is 10.7. The summed E-state index contributed by atoms with van der Waals surface area (Å²) in [6, 6.07) is 17.1. The van der Waals surface area contributed by atoms with Gasteiger partial charge in [0, 0.05) is 77.4 Å². The first-order valence-corrected chi connectivity index (χ1v) is 30.5. The Hall–Kier alpha value is -7.90. The molecule has 0 N–H and O–H groups in total. The monoisotopic (exact) mass is 1220 g/mol. The number of rotatable bonds is 18. The zero-order chi connectivity index (χ0) is 65.4. The number of cyclic esters (lactones) is 4. The molecule has 1 aliphatic rings. The molecule has 1 fully saturated rings. The summed E-state index contributed by atoms with van der Waals surface area (Å²) < 4.78 is 34.9. The molecule has 20 heteroatoms. The molecule has 3 heterocycles. The average molecular weight is 1220 g/mol. The van der Waals surface area contributed by atoms with Crippen LogP contribution in [0.25, 0.3) is 0 Å². The number of benzene rings is 2. The number of hydrogen-bond donors (Lipinski definition) is 0. The summed E-state index contributed by atoms with van der Waals surface area (Å²) in [7, 11) is 8.66. The number of amides is 4. The molecule has 2 aromatic heterocycles. The first kappa shape index (κ1) is 70.9. The predicted octanol–water partition coefficient (Wildman–Crippen LogP) is 8.78. The van der Waals surface area contributed by atoms with E-state index in [4.69, 9.17) is 28.4 Å². The van der Waals surface area contributed by atoms with Gasteiger partial charge >= 0.3 is 23.9 Å². The van der Waals surface area contributed by atoms with Crippen LogP contribution in [0.15, 0.2) is 85.2 Å². The lowest BCUT2D eigenvalue weighted by molar-refractivity contribution is -0.176. The number of carbonyl (C=O) groups is 8. The van der Waals surface area contributed by atoms with E-state index in [-0.39, 0.29) is 74.0 Å². The van der Waals surface area contributed by atoms with E-state index < -0.39 is 96.1 Å². The standard InChI is InChI=1S/C68H94N6O14/c1-39(2)31-53-65(79)85-45(11)61(75)71(13)56(34-42(7)8)68(82)88-58(36-48-21-25-50(26-22-48)44(10)52-28-30-60(84-18)70-38-52)64(78)74(16)54(32-40(3)4)66(80)86-46(12)62(76)72(14)55(33-41(5)6)67(81)87-57(63(77)73(53)15)35-47-19-23-49(24-20-47)43(9)51-27-29-59(83-17)69-37-51/h19-30,37-46,53-58H,31-36H2,1-18H3/t43?,44?,45-,46-,53+,54+,55+,56+,57-,58?/m1/s1. The largest absolute Gasteiger partial charge is 0.481 e. The predicted molar refractivity (Wildman–Crippen MR) is 332 cm³/mol. The molecular formula is C68H94N6O14. The molecule has 1 saturated heterocycles. The maximum absolute atomic E-state index is 15.1. The Kier molecular flexibility index (Phi) is 26.1. The molecule has 5 rings (SSSR count). The maximum Gasteiger partial charge on any atom is 0.329 e. The van der Waals surface area contributed by atoms with Crippen LogP contribution in [0.3, 0.4) is 0 Å². The van der Waals surface area contributed by atoms with Crippen molar-refractivity contribution in [2.75, 3.05) is 42.4 Å². The molecule has 0 saturated carbocycles. The number of ether oxygens (including phenoxy) is 6. The Labute approximate surface area is 520 Å². The van der Waals surface area contributed by atoms with Gasteiger partial charge in [-0.2, -0.15) is 0 Å². The van der Waals surface area contributed by atoms with Gasteiger partial charge in [-0.1, -0.05) is 130 Å². The Morgan fingerprint density at radius 2 is 0.648 bits per heavy atom. The molecule has 10 atom stereocenters. The molecule has 4 aromatic rings. The highest BCUT2D eigenvalue weighted by Crippen LogP contribution is 2.29. The molecule has 4 amide bonds. The van der Waals surface area contributed by atoms with E-state index in [0.29, 0.717) is 22.9 Å². The molecule has 20 nitrogen and oxygen atoms in total. The summed E-state index contributed by atoms with van der Waals surface area (Å²) in [6.45, 7) is 21.6. The highest BCUT2D eigenvalue weighted by atomic mass is 16.6. The number of likely N-dealkylation sites (N-methyl/N-ethyl adjacent to an activating group) is 4. The number of esters is 4. The molecular weight excluding hydrogens is 1120 g/mol. The van der Waals surface area contributed by atoms with E-state index in [1.54, 1.807) is 38.7 Å². The number of carbonyl (C=O) groups excluding carboxylic acids is 8. The van der Waals surface area contributed by atoms with Crippen LogP contribution >= 0.6 is 0 Å². The summed E-state index contributed by atoms with van der Waals surface area (Å²) in [5.74, 6) is -6.77. The summed E-state index contributed by atoms with van der Waals surface area (Å²) in [4.78, 5) is 132. The van der Waals surface area contributed by atoms with Crippen molar-refractivity contribution in [3.8, 4) is 11.8 Å². The summed E-state index contributed by atoms with van der Waals surface area (Å²) in [5, 5.41) is 0. The van der Waals surface area contributed by atoms with Crippen molar-refractivity contribution in [2.45, 2.75) is 182 Å². The van der Waals surface area contributed by atoms with Gasteiger partial charge < -0.3 is 48.0 Å². The van der Waals surface area contributed by atoms with Gasteiger partial charge in [0.1, 0.15) is 24.2 Å². The summed E-state index contributed by atoms with van der Waals surface area (Å²) in [5.41, 5.74) is 4.95. The van der Waals surface area contributed by atoms with Crippen molar-refractivity contribution in [1.82, 2.24) is 29.6 Å². The van der Waals surface area contributed by atoms with Gasteiger partial charge in [-0.15, -0.1) is 0 Å². The van der Waals surface area contributed by atoms with Crippen LogP contribution in [0.4, 0.5) is 0 Å². The van der Waals surface area contributed by atoms with Gasteiger partial charge in [0.05, 0.1) is 14.2 Å². The Morgan fingerprint density at radius 3 is 0.898 bits per heavy atom. The summed E-state index contributed by atoms with van der Waals surface area (Å²) in [6.07, 6.45) is -2.65. The van der Waals surface area contributed by atoms with Gasteiger partial charge in [-0.05, 0) is 96.6 Å². The highest BCUT2D eigenvalue weighted by molar-refractivity contribution is 5.94. The van der Waals surface area contributed by atoms with Crippen LogP contribution in [0.5, 0.6) is 11.8 Å². The van der Waals surface area contributed by atoms with Crippen LogP contribution in [-0.2, 0) is 70.1 Å². The lowest BCUT2D eigenvalue weighted by Crippen LogP contribution is -2.55. The van der Waals surface area contributed by atoms with Gasteiger partial charge in [0.15, 0.2) is 24.4 Å². The van der Waals surface area contributed by atoms with E-state index in [2.05, 4.69) is 9.97 Å². The third kappa shape index (κ3) is 19.1. The van der Waals surface area contributed by atoms with Gasteiger partial charge in [-0.3, -0.25) is 19.2 Å². The SMILES string of the molecule is COc1ccc(C(C)c2ccc(CC3OC(=O)[C@H](CC(C)C)N(C)C(=O)[C@@H](C)OC(=O)[C@H](CC(C)C)N(C)C(=O)[C@@H](Cc4ccc(C(C)c5ccc(OC)nc5)cc4)OC(=O)[C@H](CC(C)C)N(C)C(=O)[C@@H](C)OC(=O)[C@H](CC(C)C)N(C)C3=O)cc2)cn1. The molecule has 0 radical (unpaired) electrons. The van der Waals surface area contributed by atoms with Crippen LogP contribution in [-0.4, -0.2) is 168 Å². The lowest BCUT2D eigenvalue weighted by Gasteiger charge is -2.35. The molecule has 1 aliphatic heterocycles. The quantitative estimate of drug-likeness (QED) is 0.0669. The minimum atomic E-state index is -1.55. The first-order valence-electron chi connectivity index (χ1n) is 30.5. The van der Waals surface area contributed by atoms with E-state index in [1.165, 1.54) is 42.0 Å². The van der Waals surface area contributed by atoms with Crippen molar-refractivity contribution in [3.63, 3.8) is 0 Å². The van der Waals surface area contributed by atoms with Crippen LogP contribution < -0.4 is 9.47 Å². The Balaban J connectivity index is 1.59.